The van der Waals surface area contributed by atoms with E-state index in [0.717, 1.165) is 25.4 Å². The maximum absolute atomic E-state index is 12.8. The fourth-order valence-corrected chi connectivity index (χ4v) is 5.17. The molecule has 2 saturated heterocycles. The maximum Gasteiger partial charge on any atom is 0.254 e. The molecule has 1 unspecified atom stereocenters. The van der Waals surface area contributed by atoms with Gasteiger partial charge < -0.3 is 21.1 Å². The molecule has 9 heteroatoms. The van der Waals surface area contributed by atoms with E-state index in [9.17, 15) is 9.59 Å². The fraction of sp³-hybridized carbons (Fsp3) is 0.345. The Labute approximate surface area is 222 Å². The largest absolute Gasteiger partial charge is 0.457 e. The lowest BCUT2D eigenvalue weighted by molar-refractivity contribution is -0.125. The van der Waals surface area contributed by atoms with Crippen LogP contribution >= 0.6 is 0 Å². The number of nitrogens with zero attached hydrogens (tertiary/aromatic N) is 4. The number of ether oxygens (including phenoxy) is 1. The summed E-state index contributed by atoms with van der Waals surface area (Å²) in [4.78, 5) is 29.3. The van der Waals surface area contributed by atoms with Gasteiger partial charge in [-0.15, -0.1) is 0 Å². The zero-order chi connectivity index (χ0) is 26.5. The molecule has 2 aliphatic heterocycles. The van der Waals surface area contributed by atoms with Gasteiger partial charge in [-0.2, -0.15) is 5.10 Å². The van der Waals surface area contributed by atoms with Gasteiger partial charge in [0.15, 0.2) is 0 Å². The summed E-state index contributed by atoms with van der Waals surface area (Å²) >= 11 is 0. The molecule has 2 aromatic carbocycles. The van der Waals surface area contributed by atoms with Crippen molar-refractivity contribution in [3.63, 3.8) is 0 Å². The van der Waals surface area contributed by atoms with E-state index in [2.05, 4.69) is 4.90 Å². The summed E-state index contributed by atoms with van der Waals surface area (Å²) in [5, 5.41) is 4.70. The van der Waals surface area contributed by atoms with Crippen molar-refractivity contribution in [1.29, 1.82) is 0 Å². The zero-order valence-corrected chi connectivity index (χ0v) is 21.5. The number of likely N-dealkylation sites (tertiary alicyclic amines) is 2. The van der Waals surface area contributed by atoms with Crippen molar-refractivity contribution in [2.75, 3.05) is 38.5 Å². The Bertz CT molecular complexity index is 1300. The number of carbonyl (C=O) groups is 2. The van der Waals surface area contributed by atoms with Gasteiger partial charge >= 0.3 is 0 Å². The Morgan fingerprint density at radius 3 is 2.39 bits per heavy atom. The number of aromatic nitrogens is 2. The van der Waals surface area contributed by atoms with Gasteiger partial charge in [0.1, 0.15) is 28.6 Å². The second-order valence-corrected chi connectivity index (χ2v) is 9.85. The molecule has 1 atom stereocenters. The predicted octanol–water partition coefficient (Wildman–Crippen LogP) is 3.84. The minimum absolute atomic E-state index is 0.0143. The summed E-state index contributed by atoms with van der Waals surface area (Å²) in [5.74, 6) is 0.955. The Hall–Kier alpha value is -4.11. The number of hydrogen-bond acceptors (Lipinski definition) is 6. The number of carbonyl (C=O) groups excluding carboxylic acids is 2. The molecule has 4 N–H and O–H groups in total. The first-order valence-corrected chi connectivity index (χ1v) is 13.2. The Morgan fingerprint density at radius 2 is 1.68 bits per heavy atom. The van der Waals surface area contributed by atoms with Crippen molar-refractivity contribution in [2.24, 2.45) is 5.73 Å². The van der Waals surface area contributed by atoms with E-state index in [-0.39, 0.29) is 23.3 Å². The molecule has 38 heavy (non-hydrogen) atoms. The second-order valence-electron chi connectivity index (χ2n) is 9.85. The summed E-state index contributed by atoms with van der Waals surface area (Å²) in [6, 6.07) is 16.6. The summed E-state index contributed by atoms with van der Waals surface area (Å²) in [7, 11) is 0. The highest BCUT2D eigenvalue weighted by molar-refractivity contribution is 6.03. The van der Waals surface area contributed by atoms with Crippen LogP contribution in [0.15, 0.2) is 66.7 Å². The number of rotatable bonds is 8. The van der Waals surface area contributed by atoms with E-state index in [1.165, 1.54) is 19.3 Å². The van der Waals surface area contributed by atoms with Crippen LogP contribution in [0.4, 0.5) is 5.82 Å². The number of amides is 2. The van der Waals surface area contributed by atoms with Gasteiger partial charge in [0, 0.05) is 31.3 Å². The van der Waals surface area contributed by atoms with E-state index >= 15 is 0 Å². The van der Waals surface area contributed by atoms with Crippen LogP contribution in [-0.4, -0.2) is 64.1 Å². The average molecular weight is 515 g/mol. The van der Waals surface area contributed by atoms with Gasteiger partial charge in [-0.1, -0.05) is 30.7 Å². The zero-order valence-electron chi connectivity index (χ0n) is 21.5. The summed E-state index contributed by atoms with van der Waals surface area (Å²) in [6.07, 6.45) is 8.06. The molecule has 2 amide bonds. The van der Waals surface area contributed by atoms with E-state index < -0.39 is 5.91 Å². The third-order valence-corrected chi connectivity index (χ3v) is 7.19. The molecule has 0 spiro atoms. The van der Waals surface area contributed by atoms with E-state index in [4.69, 9.17) is 21.3 Å². The molecule has 1 aromatic heterocycles. The molecule has 3 aromatic rings. The molecular formula is C29H34N6O3. The third kappa shape index (κ3) is 5.73. The highest BCUT2D eigenvalue weighted by atomic mass is 16.5. The number of hydrogen-bond donors (Lipinski definition) is 2. The predicted molar refractivity (Wildman–Crippen MR) is 147 cm³/mol. The quantitative estimate of drug-likeness (QED) is 0.441. The number of primary amides is 1. The van der Waals surface area contributed by atoms with Crippen LogP contribution in [0.5, 0.6) is 11.5 Å². The van der Waals surface area contributed by atoms with Gasteiger partial charge in [-0.3, -0.25) is 14.5 Å². The first-order chi connectivity index (χ1) is 18.5. The van der Waals surface area contributed by atoms with Gasteiger partial charge in [0.05, 0.1) is 6.04 Å². The first-order valence-electron chi connectivity index (χ1n) is 13.2. The highest BCUT2D eigenvalue weighted by Crippen LogP contribution is 2.33. The molecule has 3 heterocycles. The minimum Gasteiger partial charge on any atom is -0.457 e. The molecule has 0 radical (unpaired) electrons. The maximum atomic E-state index is 12.8. The van der Waals surface area contributed by atoms with Crippen LogP contribution in [0.3, 0.4) is 0 Å². The lowest BCUT2D eigenvalue weighted by Crippen LogP contribution is -2.30. The van der Waals surface area contributed by atoms with Crippen LogP contribution in [0.25, 0.3) is 11.3 Å². The Balaban J connectivity index is 1.28. The van der Waals surface area contributed by atoms with Gasteiger partial charge in [0.25, 0.3) is 5.91 Å². The summed E-state index contributed by atoms with van der Waals surface area (Å²) < 4.78 is 7.51. The topological polar surface area (TPSA) is 120 Å². The van der Waals surface area contributed by atoms with E-state index in [1.54, 1.807) is 15.7 Å². The number of nitrogens with two attached hydrogens (primary N) is 2. The van der Waals surface area contributed by atoms with Crippen LogP contribution in [-0.2, 0) is 4.79 Å². The molecule has 9 nitrogen and oxygen atoms in total. The molecular weight excluding hydrogens is 480 g/mol. The monoisotopic (exact) mass is 514 g/mol. The van der Waals surface area contributed by atoms with Crippen molar-refractivity contribution in [2.45, 2.75) is 31.7 Å². The number of benzene rings is 2. The molecule has 2 fully saturated rings. The standard InChI is InChI=1S/C29H34N6O3/c30-28-26(29(31)37)27(21-11-13-24(14-12-21)38-23-8-3-1-4-9-23)32-35(28)22-15-19-34(20-22)25(36)10-7-18-33-16-5-2-6-17-33/h1,3-4,7-14,22H,2,5-6,15-20,30H2,(H2,31,37). The van der Waals surface area contributed by atoms with Crippen molar-refractivity contribution < 1.29 is 14.3 Å². The van der Waals surface area contributed by atoms with Crippen LogP contribution in [0.2, 0.25) is 0 Å². The number of nitrogen functional groups attached to an aromatic ring is 1. The second kappa shape index (κ2) is 11.5. The molecule has 2 aliphatic rings. The average Bonchev–Trinajstić information content (AvgIpc) is 3.55. The molecule has 5 rings (SSSR count). The van der Waals surface area contributed by atoms with Gasteiger partial charge in [-0.25, -0.2) is 4.68 Å². The van der Waals surface area contributed by atoms with Gasteiger partial charge in [-0.05, 0) is 68.8 Å². The van der Waals surface area contributed by atoms with E-state index in [1.807, 2.05) is 60.7 Å². The Morgan fingerprint density at radius 1 is 0.974 bits per heavy atom. The van der Waals surface area contributed by atoms with Crippen LogP contribution in [0.1, 0.15) is 42.1 Å². The lowest BCUT2D eigenvalue weighted by atomic mass is 10.1. The molecule has 0 saturated carbocycles. The normalized spacial score (nSPS) is 18.2. The summed E-state index contributed by atoms with van der Waals surface area (Å²) in [6.45, 7) is 4.06. The van der Waals surface area contributed by atoms with Crippen LogP contribution in [0, 0.1) is 0 Å². The van der Waals surface area contributed by atoms with Gasteiger partial charge in [0.2, 0.25) is 5.91 Å². The van der Waals surface area contributed by atoms with Crippen molar-refractivity contribution >= 4 is 17.6 Å². The van der Waals surface area contributed by atoms with Crippen molar-refractivity contribution in [1.82, 2.24) is 19.6 Å². The highest BCUT2D eigenvalue weighted by Gasteiger charge is 2.31. The SMILES string of the molecule is NC(=O)c1c(-c2ccc(Oc3ccccc3)cc2)nn(C2CCN(C(=O)C=CCN3CCCCC3)C2)c1N. The molecule has 0 aliphatic carbocycles. The van der Waals surface area contributed by atoms with Crippen LogP contribution < -0.4 is 16.2 Å². The molecule has 0 bridgehead atoms. The third-order valence-electron chi connectivity index (χ3n) is 7.19. The van der Waals surface area contributed by atoms with Crippen molar-refractivity contribution in [3.05, 3.63) is 72.3 Å². The first kappa shape index (κ1) is 25.5. The number of piperidine rings is 1. The molecule has 198 valence electrons. The van der Waals surface area contributed by atoms with Crippen molar-refractivity contribution in [3.8, 4) is 22.8 Å². The number of anilines is 1. The lowest BCUT2D eigenvalue weighted by Gasteiger charge is -2.24. The fourth-order valence-electron chi connectivity index (χ4n) is 5.17. The number of para-hydroxylation sites is 1. The van der Waals surface area contributed by atoms with E-state index in [0.29, 0.717) is 36.5 Å². The summed E-state index contributed by atoms with van der Waals surface area (Å²) in [5.41, 5.74) is 13.4. The Kier molecular flexibility index (Phi) is 7.74. The minimum atomic E-state index is -0.639. The smallest absolute Gasteiger partial charge is 0.254 e.